The number of aryl methyl sites for hydroxylation is 1. The zero-order valence-electron chi connectivity index (χ0n) is 7.50. The minimum atomic E-state index is 0.449. The van der Waals surface area contributed by atoms with Crippen LogP contribution in [-0.2, 0) is 11.4 Å². The Labute approximate surface area is 76.5 Å². The Hall–Kier alpha value is -1.32. The number of aromatic amines is 1. The molecular formula is C10H12N2O. The molecule has 1 aromatic carbocycles. The number of nitrogens with one attached hydrogen (secondary N) is 1. The quantitative estimate of drug-likeness (QED) is 0.686. The van der Waals surface area contributed by atoms with E-state index in [9.17, 15) is 0 Å². The van der Waals surface area contributed by atoms with Crippen molar-refractivity contribution in [2.75, 3.05) is 0 Å². The number of hydrogen-bond donors (Lipinski definition) is 2. The summed E-state index contributed by atoms with van der Waals surface area (Å²) in [5.74, 6) is 5.05. The molecule has 1 aromatic heterocycles. The molecule has 0 aliphatic carbocycles. The summed E-state index contributed by atoms with van der Waals surface area (Å²) in [6.07, 6.45) is 1.94. The Bertz CT molecular complexity index is 420. The van der Waals surface area contributed by atoms with E-state index in [1.807, 2.05) is 18.3 Å². The Morgan fingerprint density at radius 2 is 2.31 bits per heavy atom. The predicted molar refractivity (Wildman–Crippen MR) is 52.0 cm³/mol. The van der Waals surface area contributed by atoms with Gasteiger partial charge in [0.1, 0.15) is 0 Å². The molecule has 3 N–H and O–H groups in total. The molecule has 0 unspecified atom stereocenters. The van der Waals surface area contributed by atoms with Gasteiger partial charge in [-0.15, -0.1) is 0 Å². The van der Waals surface area contributed by atoms with Crippen LogP contribution in [0.2, 0.25) is 0 Å². The van der Waals surface area contributed by atoms with E-state index in [2.05, 4.69) is 22.8 Å². The number of fused-ring (bicyclic) bond motifs is 1. The lowest BCUT2D eigenvalue weighted by Gasteiger charge is -1.99. The van der Waals surface area contributed by atoms with Crippen molar-refractivity contribution in [1.82, 2.24) is 4.98 Å². The molecule has 3 nitrogen and oxygen atoms in total. The summed E-state index contributed by atoms with van der Waals surface area (Å²) in [6, 6.07) is 6.15. The van der Waals surface area contributed by atoms with E-state index in [1.54, 1.807) is 0 Å². The average molecular weight is 176 g/mol. The first-order chi connectivity index (χ1) is 6.33. The van der Waals surface area contributed by atoms with E-state index in [-0.39, 0.29) is 0 Å². The van der Waals surface area contributed by atoms with E-state index in [4.69, 9.17) is 5.90 Å². The minimum Gasteiger partial charge on any atom is -0.361 e. The highest BCUT2D eigenvalue weighted by molar-refractivity contribution is 5.86. The van der Waals surface area contributed by atoms with E-state index in [0.717, 1.165) is 11.1 Å². The maximum absolute atomic E-state index is 5.05. The fourth-order valence-electron chi connectivity index (χ4n) is 1.65. The van der Waals surface area contributed by atoms with Gasteiger partial charge in [0, 0.05) is 22.7 Å². The van der Waals surface area contributed by atoms with Gasteiger partial charge in [0.05, 0.1) is 6.61 Å². The predicted octanol–water partition coefficient (Wildman–Crippen LogP) is 1.87. The van der Waals surface area contributed by atoms with Crippen LogP contribution in [0.25, 0.3) is 10.9 Å². The van der Waals surface area contributed by atoms with Crippen LogP contribution in [-0.4, -0.2) is 4.98 Å². The number of benzene rings is 1. The van der Waals surface area contributed by atoms with Gasteiger partial charge in [-0.3, -0.25) is 4.84 Å². The second-order valence-corrected chi connectivity index (χ2v) is 3.12. The van der Waals surface area contributed by atoms with Crippen LogP contribution >= 0.6 is 0 Å². The highest BCUT2D eigenvalue weighted by Gasteiger charge is 2.04. The summed E-state index contributed by atoms with van der Waals surface area (Å²) in [6.45, 7) is 2.53. The molecule has 0 bridgehead atoms. The highest BCUT2D eigenvalue weighted by Crippen LogP contribution is 2.21. The summed E-state index contributed by atoms with van der Waals surface area (Å²) in [4.78, 5) is 7.81. The molecule has 0 fully saturated rings. The van der Waals surface area contributed by atoms with E-state index in [1.165, 1.54) is 10.9 Å². The van der Waals surface area contributed by atoms with Crippen molar-refractivity contribution >= 4 is 10.9 Å². The molecule has 13 heavy (non-hydrogen) atoms. The molecule has 0 saturated carbocycles. The van der Waals surface area contributed by atoms with Crippen molar-refractivity contribution in [1.29, 1.82) is 0 Å². The topological polar surface area (TPSA) is 51.0 Å². The van der Waals surface area contributed by atoms with Gasteiger partial charge in [-0.25, -0.2) is 5.90 Å². The fourth-order valence-corrected chi connectivity index (χ4v) is 1.65. The Kier molecular flexibility index (Phi) is 2.04. The number of H-pyrrole nitrogens is 1. The van der Waals surface area contributed by atoms with Gasteiger partial charge in [0.15, 0.2) is 0 Å². The van der Waals surface area contributed by atoms with Crippen LogP contribution in [0.1, 0.15) is 11.1 Å². The highest BCUT2D eigenvalue weighted by atomic mass is 16.6. The maximum atomic E-state index is 5.05. The van der Waals surface area contributed by atoms with Gasteiger partial charge < -0.3 is 4.98 Å². The lowest BCUT2D eigenvalue weighted by molar-refractivity contribution is 0.125. The van der Waals surface area contributed by atoms with Crippen molar-refractivity contribution < 1.29 is 4.84 Å². The average Bonchev–Trinajstić information content (AvgIpc) is 2.51. The largest absolute Gasteiger partial charge is 0.361 e. The molecule has 0 radical (unpaired) electrons. The van der Waals surface area contributed by atoms with Gasteiger partial charge in [0.2, 0.25) is 0 Å². The molecule has 0 atom stereocenters. The van der Waals surface area contributed by atoms with E-state index >= 15 is 0 Å². The van der Waals surface area contributed by atoms with Gasteiger partial charge in [-0.1, -0.05) is 12.1 Å². The van der Waals surface area contributed by atoms with E-state index in [0.29, 0.717) is 6.61 Å². The Balaban J connectivity index is 2.64. The molecule has 0 aliphatic rings. The lowest BCUT2D eigenvalue weighted by atomic mass is 10.1. The monoisotopic (exact) mass is 176 g/mol. The van der Waals surface area contributed by atoms with Gasteiger partial charge in [-0.05, 0) is 18.6 Å². The summed E-state index contributed by atoms with van der Waals surface area (Å²) < 4.78 is 0. The zero-order valence-corrected chi connectivity index (χ0v) is 7.50. The molecule has 0 aliphatic heterocycles. The number of aromatic nitrogens is 1. The second-order valence-electron chi connectivity index (χ2n) is 3.12. The van der Waals surface area contributed by atoms with Crippen molar-refractivity contribution in [2.24, 2.45) is 5.90 Å². The summed E-state index contributed by atoms with van der Waals surface area (Å²) in [5, 5.41) is 1.22. The van der Waals surface area contributed by atoms with Crippen molar-refractivity contribution in [3.63, 3.8) is 0 Å². The summed E-state index contributed by atoms with van der Waals surface area (Å²) in [7, 11) is 0. The Morgan fingerprint density at radius 3 is 3.08 bits per heavy atom. The molecule has 2 rings (SSSR count). The standard InChI is InChI=1S/C10H12N2O/c1-7-3-2-4-9-10(7)8(5-12-9)6-13-11/h2-5,12H,6,11H2,1H3. The summed E-state index contributed by atoms with van der Waals surface area (Å²) >= 11 is 0. The van der Waals surface area contributed by atoms with Crippen molar-refractivity contribution in [2.45, 2.75) is 13.5 Å². The normalized spacial score (nSPS) is 10.9. The smallest absolute Gasteiger partial charge is 0.0950 e. The number of nitrogens with two attached hydrogens (primary N) is 1. The van der Waals surface area contributed by atoms with Crippen LogP contribution in [0.5, 0.6) is 0 Å². The van der Waals surface area contributed by atoms with Gasteiger partial charge in [-0.2, -0.15) is 0 Å². The van der Waals surface area contributed by atoms with Crippen LogP contribution in [0.4, 0.5) is 0 Å². The molecule has 2 aromatic rings. The maximum Gasteiger partial charge on any atom is 0.0950 e. The third kappa shape index (κ3) is 1.32. The van der Waals surface area contributed by atoms with Gasteiger partial charge >= 0.3 is 0 Å². The van der Waals surface area contributed by atoms with Crippen LogP contribution in [0.15, 0.2) is 24.4 Å². The second kappa shape index (κ2) is 3.20. The van der Waals surface area contributed by atoms with Crippen molar-refractivity contribution in [3.8, 4) is 0 Å². The molecule has 3 heteroatoms. The van der Waals surface area contributed by atoms with Crippen LogP contribution < -0.4 is 5.90 Å². The molecule has 68 valence electrons. The van der Waals surface area contributed by atoms with Crippen LogP contribution in [0.3, 0.4) is 0 Å². The molecular weight excluding hydrogens is 164 g/mol. The van der Waals surface area contributed by atoms with Gasteiger partial charge in [0.25, 0.3) is 0 Å². The van der Waals surface area contributed by atoms with Crippen molar-refractivity contribution in [3.05, 3.63) is 35.5 Å². The summed E-state index contributed by atoms with van der Waals surface area (Å²) in [5.41, 5.74) is 3.48. The first kappa shape index (κ1) is 8.29. The lowest BCUT2D eigenvalue weighted by Crippen LogP contribution is -1.98. The number of rotatable bonds is 2. The third-order valence-corrected chi connectivity index (χ3v) is 2.23. The third-order valence-electron chi connectivity index (χ3n) is 2.23. The molecule has 0 saturated heterocycles. The molecule has 0 spiro atoms. The SMILES string of the molecule is Cc1cccc2[nH]cc(CON)c12. The zero-order chi connectivity index (χ0) is 9.26. The van der Waals surface area contributed by atoms with Crippen LogP contribution in [0, 0.1) is 6.92 Å². The first-order valence-corrected chi connectivity index (χ1v) is 4.20. The Morgan fingerprint density at radius 1 is 1.46 bits per heavy atom. The molecule has 1 heterocycles. The minimum absolute atomic E-state index is 0.449. The number of hydrogen-bond acceptors (Lipinski definition) is 2. The first-order valence-electron chi connectivity index (χ1n) is 4.20. The van der Waals surface area contributed by atoms with E-state index < -0.39 is 0 Å². The molecule has 0 amide bonds. The fraction of sp³-hybridized carbons (Fsp3) is 0.200.